The van der Waals surface area contributed by atoms with Crippen molar-refractivity contribution in [3.05, 3.63) is 123 Å². The van der Waals surface area contributed by atoms with Gasteiger partial charge in [0.25, 0.3) is 5.69 Å². The third-order valence-electron chi connectivity index (χ3n) is 8.15. The summed E-state index contributed by atoms with van der Waals surface area (Å²) in [6, 6.07) is 23.2. The zero-order chi connectivity index (χ0) is 31.8. The Balaban J connectivity index is 1.17. The van der Waals surface area contributed by atoms with Gasteiger partial charge < -0.3 is 34.3 Å². The molecule has 2 atom stereocenters. The molecule has 3 heterocycles. The molecular weight excluding hydrogens is 596 g/mol. The van der Waals surface area contributed by atoms with Crippen LogP contribution < -0.4 is 15.4 Å². The fourth-order valence-electron chi connectivity index (χ4n) is 5.94. The molecular formula is C33H28N4O9. The number of anilines is 2. The van der Waals surface area contributed by atoms with E-state index in [1.54, 1.807) is 41.3 Å². The standard InChI is InChI=1S/C33H28N4O9/c38-30-24-3-1-2-4-25(24)33(46-30)26-11-7-21(34-31(39)36-13-15-43-16-14-36)17-28(26)45-29-18-22(8-12-27(29)33)35-32(40)44-19-20-5-9-23(10-6-20)37(41)42/h1-12,17-18,30,38H,13-16,19H2,(H,34,39)(H,35,40). The summed E-state index contributed by atoms with van der Waals surface area (Å²) in [7, 11) is 0. The number of carbonyl (C=O) groups excluding carboxylic acids is 2. The van der Waals surface area contributed by atoms with Gasteiger partial charge in [-0.05, 0) is 42.0 Å². The summed E-state index contributed by atoms with van der Waals surface area (Å²) in [6.07, 6.45) is -1.95. The Morgan fingerprint density at radius 2 is 1.57 bits per heavy atom. The number of benzene rings is 4. The van der Waals surface area contributed by atoms with E-state index in [2.05, 4.69) is 10.6 Å². The van der Waals surface area contributed by atoms with Gasteiger partial charge in [0.15, 0.2) is 11.9 Å². The van der Waals surface area contributed by atoms with E-state index in [-0.39, 0.29) is 18.3 Å². The Labute approximate surface area is 262 Å². The number of hydrogen-bond donors (Lipinski definition) is 3. The molecule has 7 rings (SSSR count). The summed E-state index contributed by atoms with van der Waals surface area (Å²) in [6.45, 7) is 1.82. The lowest BCUT2D eigenvalue weighted by atomic mass is 9.77. The first-order valence-corrected chi connectivity index (χ1v) is 14.5. The molecule has 1 fully saturated rings. The number of carbonyl (C=O) groups is 2. The number of aliphatic hydroxyl groups excluding tert-OH is 1. The maximum absolute atomic E-state index is 12.9. The van der Waals surface area contributed by atoms with E-state index >= 15 is 0 Å². The number of hydrogen-bond acceptors (Lipinski definition) is 9. The highest BCUT2D eigenvalue weighted by Gasteiger charge is 2.52. The van der Waals surface area contributed by atoms with Crippen LogP contribution in [0.5, 0.6) is 11.5 Å². The molecule has 1 spiro atoms. The van der Waals surface area contributed by atoms with Crippen LogP contribution in [0, 0.1) is 10.1 Å². The number of nitro groups is 1. The number of amides is 3. The minimum Gasteiger partial charge on any atom is -0.456 e. The molecule has 13 heteroatoms. The molecule has 0 saturated carbocycles. The minimum absolute atomic E-state index is 0.0606. The van der Waals surface area contributed by atoms with Crippen LogP contribution in [0.4, 0.5) is 26.7 Å². The number of nitrogens with zero attached hydrogens (tertiary/aromatic N) is 2. The van der Waals surface area contributed by atoms with Gasteiger partial charge >= 0.3 is 12.1 Å². The van der Waals surface area contributed by atoms with E-state index in [0.29, 0.717) is 71.4 Å². The molecule has 2 unspecified atom stereocenters. The average molecular weight is 625 g/mol. The fraction of sp³-hybridized carbons (Fsp3) is 0.212. The van der Waals surface area contributed by atoms with Crippen LogP contribution in [0.3, 0.4) is 0 Å². The molecule has 3 aliphatic rings. The van der Waals surface area contributed by atoms with Gasteiger partial charge in [-0.15, -0.1) is 0 Å². The number of morpholine rings is 1. The van der Waals surface area contributed by atoms with Gasteiger partial charge in [-0.2, -0.15) is 0 Å². The van der Waals surface area contributed by atoms with Crippen LogP contribution >= 0.6 is 0 Å². The van der Waals surface area contributed by atoms with Gasteiger partial charge in [0.1, 0.15) is 18.1 Å². The Morgan fingerprint density at radius 3 is 2.24 bits per heavy atom. The number of nitrogens with one attached hydrogen (secondary N) is 2. The lowest BCUT2D eigenvalue weighted by Gasteiger charge is -2.37. The normalized spacial score (nSPS) is 19.3. The first-order chi connectivity index (χ1) is 22.3. The molecule has 4 aromatic rings. The van der Waals surface area contributed by atoms with Crippen molar-refractivity contribution in [2.75, 3.05) is 36.9 Å². The highest BCUT2D eigenvalue weighted by molar-refractivity contribution is 5.90. The third kappa shape index (κ3) is 5.26. The third-order valence-corrected chi connectivity index (χ3v) is 8.15. The topological polar surface area (TPSA) is 162 Å². The van der Waals surface area contributed by atoms with E-state index < -0.39 is 22.9 Å². The van der Waals surface area contributed by atoms with Crippen LogP contribution in [0.2, 0.25) is 0 Å². The lowest BCUT2D eigenvalue weighted by molar-refractivity contribution is -0.384. The maximum Gasteiger partial charge on any atom is 0.411 e. The van der Waals surface area contributed by atoms with E-state index in [9.17, 15) is 24.8 Å². The molecule has 3 aliphatic heterocycles. The number of ether oxygens (including phenoxy) is 4. The van der Waals surface area contributed by atoms with E-state index in [4.69, 9.17) is 18.9 Å². The highest BCUT2D eigenvalue weighted by atomic mass is 16.6. The molecule has 3 amide bonds. The summed E-state index contributed by atoms with van der Waals surface area (Å²) in [4.78, 5) is 37.6. The molecule has 234 valence electrons. The Morgan fingerprint density at radius 1 is 0.913 bits per heavy atom. The Kier molecular flexibility index (Phi) is 7.48. The van der Waals surface area contributed by atoms with Crippen LogP contribution in [0.15, 0.2) is 84.9 Å². The van der Waals surface area contributed by atoms with Crippen molar-refractivity contribution in [3.8, 4) is 11.5 Å². The van der Waals surface area contributed by atoms with E-state index in [1.807, 2.05) is 24.3 Å². The van der Waals surface area contributed by atoms with Crippen LogP contribution in [-0.4, -0.2) is 53.4 Å². The van der Waals surface area contributed by atoms with Crippen LogP contribution in [0.25, 0.3) is 0 Å². The van der Waals surface area contributed by atoms with E-state index in [1.165, 1.54) is 24.3 Å². The summed E-state index contributed by atoms with van der Waals surface area (Å²) in [5.74, 6) is 0.760. The second kappa shape index (κ2) is 11.8. The molecule has 0 aromatic heterocycles. The highest BCUT2D eigenvalue weighted by Crippen LogP contribution is 2.58. The van der Waals surface area contributed by atoms with Gasteiger partial charge in [0.05, 0.1) is 18.1 Å². The smallest absolute Gasteiger partial charge is 0.411 e. The number of aliphatic hydroxyl groups is 1. The lowest BCUT2D eigenvalue weighted by Crippen LogP contribution is -2.43. The van der Waals surface area contributed by atoms with Crippen molar-refractivity contribution in [2.45, 2.75) is 18.5 Å². The van der Waals surface area contributed by atoms with Gasteiger partial charge in [-0.1, -0.05) is 24.3 Å². The molecule has 0 bridgehead atoms. The average Bonchev–Trinajstić information content (AvgIpc) is 3.36. The van der Waals surface area contributed by atoms with Gasteiger partial charge in [0.2, 0.25) is 0 Å². The second-order valence-corrected chi connectivity index (χ2v) is 10.9. The molecule has 46 heavy (non-hydrogen) atoms. The molecule has 1 saturated heterocycles. The molecule has 13 nitrogen and oxygen atoms in total. The minimum atomic E-state index is -1.24. The predicted molar refractivity (Wildman–Crippen MR) is 164 cm³/mol. The van der Waals surface area contributed by atoms with Crippen molar-refractivity contribution in [2.24, 2.45) is 0 Å². The Bertz CT molecular complexity index is 1840. The van der Waals surface area contributed by atoms with Gasteiger partial charge in [-0.25, -0.2) is 9.59 Å². The zero-order valence-corrected chi connectivity index (χ0v) is 24.3. The van der Waals surface area contributed by atoms with Crippen molar-refractivity contribution in [1.82, 2.24) is 4.90 Å². The van der Waals surface area contributed by atoms with Gasteiger partial charge in [0, 0.05) is 71.0 Å². The summed E-state index contributed by atoms with van der Waals surface area (Å²) < 4.78 is 23.4. The molecule has 0 radical (unpaired) electrons. The number of rotatable bonds is 5. The number of urea groups is 1. The molecule has 0 aliphatic carbocycles. The first-order valence-electron chi connectivity index (χ1n) is 14.5. The number of nitro benzene ring substituents is 1. The SMILES string of the molecule is O=C(Nc1ccc2c(c1)Oc1cc(NC(=O)N3CCOCC3)ccc1C21OC(O)c2ccccc21)OCc1ccc([N+](=O)[O-])cc1. The van der Waals surface area contributed by atoms with Crippen LogP contribution in [0.1, 0.15) is 34.1 Å². The predicted octanol–water partition coefficient (Wildman–Crippen LogP) is 5.63. The van der Waals surface area contributed by atoms with E-state index in [0.717, 1.165) is 5.56 Å². The summed E-state index contributed by atoms with van der Waals surface area (Å²) >= 11 is 0. The van der Waals surface area contributed by atoms with Crippen LogP contribution in [-0.2, 0) is 26.4 Å². The summed E-state index contributed by atoms with van der Waals surface area (Å²) in [5.41, 5.74) is 2.76. The molecule has 4 aromatic carbocycles. The second-order valence-electron chi connectivity index (χ2n) is 10.9. The number of non-ortho nitro benzene ring substituents is 1. The number of fused-ring (bicyclic) bond motifs is 6. The molecule has 3 N–H and O–H groups in total. The zero-order valence-electron chi connectivity index (χ0n) is 24.3. The van der Waals surface area contributed by atoms with Gasteiger partial charge in [-0.3, -0.25) is 15.4 Å². The van der Waals surface area contributed by atoms with Crippen molar-refractivity contribution in [3.63, 3.8) is 0 Å². The summed E-state index contributed by atoms with van der Waals surface area (Å²) in [5, 5.41) is 27.5. The first kappa shape index (κ1) is 29.2. The quantitative estimate of drug-likeness (QED) is 0.189. The fourth-order valence-corrected chi connectivity index (χ4v) is 5.94. The van der Waals surface area contributed by atoms with Crippen molar-refractivity contribution in [1.29, 1.82) is 0 Å². The Hall–Kier alpha value is -5.50. The largest absolute Gasteiger partial charge is 0.456 e. The monoisotopic (exact) mass is 624 g/mol. The van der Waals surface area contributed by atoms with Crippen molar-refractivity contribution >= 4 is 29.2 Å². The maximum atomic E-state index is 12.9. The van der Waals surface area contributed by atoms with Crippen molar-refractivity contribution < 1.29 is 38.6 Å².